The van der Waals surface area contributed by atoms with Gasteiger partial charge in [-0.3, -0.25) is 4.79 Å². The predicted molar refractivity (Wildman–Crippen MR) is 141 cm³/mol. The number of morpholine rings is 1. The second-order valence-electron chi connectivity index (χ2n) is 9.64. The lowest BCUT2D eigenvalue weighted by molar-refractivity contribution is -0.141. The zero-order valence-corrected chi connectivity index (χ0v) is 21.9. The van der Waals surface area contributed by atoms with E-state index in [1.165, 1.54) is 6.07 Å². The summed E-state index contributed by atoms with van der Waals surface area (Å²) in [5, 5.41) is 9.58. The van der Waals surface area contributed by atoms with E-state index >= 15 is 0 Å². The van der Waals surface area contributed by atoms with E-state index in [0.29, 0.717) is 36.9 Å². The summed E-state index contributed by atoms with van der Waals surface area (Å²) in [4.78, 5) is 23.2. The van der Waals surface area contributed by atoms with Crippen LogP contribution in [0.2, 0.25) is 0 Å². The Morgan fingerprint density at radius 2 is 1.95 bits per heavy atom. The molecule has 2 aliphatic rings. The van der Waals surface area contributed by atoms with E-state index < -0.39 is 11.9 Å². The minimum Gasteiger partial charge on any atom is -0.489 e. The van der Waals surface area contributed by atoms with Crippen LogP contribution in [0.1, 0.15) is 37.2 Å². The summed E-state index contributed by atoms with van der Waals surface area (Å²) < 4.78 is 25.9. The summed E-state index contributed by atoms with van der Waals surface area (Å²) in [6.07, 6.45) is 4.23. The number of halogens is 1. The fourth-order valence-electron chi connectivity index (χ4n) is 5.24. The SMILES string of the molecule is C=C(/C=C1/CC(C)C(C(=O)O)/C1=C/C)OCc1cc(-c2c(C)nc(N3CCOCC3)nc2C)ccc1F. The molecule has 1 aliphatic carbocycles. The first-order valence-corrected chi connectivity index (χ1v) is 12.6. The lowest BCUT2D eigenvalue weighted by Crippen LogP contribution is -2.37. The van der Waals surface area contributed by atoms with Gasteiger partial charge in [0.15, 0.2) is 0 Å². The van der Waals surface area contributed by atoms with Gasteiger partial charge in [-0.25, -0.2) is 14.4 Å². The lowest BCUT2D eigenvalue weighted by atomic mass is 9.94. The highest BCUT2D eigenvalue weighted by atomic mass is 19.1. The zero-order valence-electron chi connectivity index (χ0n) is 21.9. The zero-order chi connectivity index (χ0) is 26.7. The molecule has 1 saturated carbocycles. The standard InChI is InChI=1S/C29H34FN3O4/c1-6-24-22(13-17(2)26(24)28(34)35)14-18(3)37-16-23-15-21(7-8-25(23)30)27-19(4)31-29(32-20(27)5)33-9-11-36-12-10-33/h6-8,14-15,17,26H,3,9-13,16H2,1-2,4-5H3,(H,34,35)/b22-14-,24-6+. The molecule has 2 unspecified atom stereocenters. The Bertz CT molecular complexity index is 1240. The quantitative estimate of drug-likeness (QED) is 0.504. The van der Waals surface area contributed by atoms with Gasteiger partial charge in [0.05, 0.1) is 30.5 Å². The van der Waals surface area contributed by atoms with Gasteiger partial charge >= 0.3 is 5.97 Å². The maximum Gasteiger partial charge on any atom is 0.311 e. The smallest absolute Gasteiger partial charge is 0.311 e. The van der Waals surface area contributed by atoms with Crippen LogP contribution < -0.4 is 4.90 Å². The summed E-state index contributed by atoms with van der Waals surface area (Å²) in [6, 6.07) is 4.92. The number of nitrogens with zero attached hydrogens (tertiary/aromatic N) is 3. The van der Waals surface area contributed by atoms with Crippen LogP contribution in [-0.2, 0) is 20.9 Å². The predicted octanol–water partition coefficient (Wildman–Crippen LogP) is 5.38. The molecule has 37 heavy (non-hydrogen) atoms. The molecule has 0 spiro atoms. The van der Waals surface area contributed by atoms with E-state index in [1.807, 2.05) is 33.8 Å². The summed E-state index contributed by atoms with van der Waals surface area (Å²) in [7, 11) is 0. The molecule has 8 heteroatoms. The highest BCUT2D eigenvalue weighted by Gasteiger charge is 2.36. The van der Waals surface area contributed by atoms with Crippen LogP contribution in [0, 0.1) is 31.5 Å². The molecule has 2 fully saturated rings. The van der Waals surface area contributed by atoms with Gasteiger partial charge in [0.1, 0.15) is 18.2 Å². The first kappa shape index (κ1) is 26.5. The maximum absolute atomic E-state index is 14.7. The van der Waals surface area contributed by atoms with Crippen LogP contribution in [0.4, 0.5) is 10.3 Å². The Balaban J connectivity index is 1.51. The number of ether oxygens (including phenoxy) is 2. The number of aryl methyl sites for hydroxylation is 2. The number of benzene rings is 1. The van der Waals surface area contributed by atoms with Crippen molar-refractivity contribution < 1.29 is 23.8 Å². The fraction of sp³-hybridized carbons (Fsp3) is 0.414. The minimum absolute atomic E-state index is 0.00378. The maximum atomic E-state index is 14.7. The molecule has 1 aliphatic heterocycles. The summed E-state index contributed by atoms with van der Waals surface area (Å²) in [5.74, 6) is -0.713. The topological polar surface area (TPSA) is 84.8 Å². The van der Waals surface area contributed by atoms with Gasteiger partial charge in [0.2, 0.25) is 5.95 Å². The second-order valence-corrected chi connectivity index (χ2v) is 9.64. The normalized spacial score (nSPS) is 22.0. The van der Waals surface area contributed by atoms with E-state index in [1.54, 1.807) is 18.2 Å². The van der Waals surface area contributed by atoms with Crippen LogP contribution in [0.25, 0.3) is 11.1 Å². The number of hydrogen-bond acceptors (Lipinski definition) is 6. The third kappa shape index (κ3) is 5.74. The number of allylic oxidation sites excluding steroid dienone is 3. The first-order valence-electron chi connectivity index (χ1n) is 12.6. The molecule has 2 heterocycles. The van der Waals surface area contributed by atoms with Crippen molar-refractivity contribution in [3.8, 4) is 11.1 Å². The fourth-order valence-corrected chi connectivity index (χ4v) is 5.24. The highest BCUT2D eigenvalue weighted by molar-refractivity contribution is 5.77. The molecular weight excluding hydrogens is 473 g/mol. The van der Waals surface area contributed by atoms with Gasteiger partial charge in [-0.05, 0) is 68.0 Å². The molecule has 4 rings (SSSR count). The second kappa shape index (κ2) is 11.3. The Kier molecular flexibility index (Phi) is 8.07. The molecule has 196 valence electrons. The Labute approximate surface area is 217 Å². The summed E-state index contributed by atoms with van der Waals surface area (Å²) in [5.41, 5.74) is 5.40. The number of carboxylic acids is 1. The average molecular weight is 508 g/mol. The molecular formula is C29H34FN3O4. The number of anilines is 1. The van der Waals surface area contributed by atoms with Crippen molar-refractivity contribution in [2.24, 2.45) is 11.8 Å². The number of rotatable bonds is 7. The van der Waals surface area contributed by atoms with Crippen molar-refractivity contribution in [1.29, 1.82) is 0 Å². The molecule has 1 aromatic heterocycles. The monoisotopic (exact) mass is 507 g/mol. The largest absolute Gasteiger partial charge is 0.489 e. The van der Waals surface area contributed by atoms with Crippen molar-refractivity contribution in [2.75, 3.05) is 31.2 Å². The van der Waals surface area contributed by atoms with E-state index in [-0.39, 0.29) is 18.3 Å². The van der Waals surface area contributed by atoms with E-state index in [4.69, 9.17) is 19.4 Å². The molecule has 1 N–H and O–H groups in total. The molecule has 2 atom stereocenters. The van der Waals surface area contributed by atoms with Crippen molar-refractivity contribution in [1.82, 2.24) is 9.97 Å². The van der Waals surface area contributed by atoms with Crippen molar-refractivity contribution >= 4 is 11.9 Å². The van der Waals surface area contributed by atoms with Crippen LogP contribution in [0.3, 0.4) is 0 Å². The number of carboxylic acid groups (broad SMARTS) is 1. The highest BCUT2D eigenvalue weighted by Crippen LogP contribution is 2.41. The van der Waals surface area contributed by atoms with Gasteiger partial charge in [0, 0.05) is 24.2 Å². The first-order chi connectivity index (χ1) is 17.7. The van der Waals surface area contributed by atoms with Gasteiger partial charge in [-0.1, -0.05) is 25.6 Å². The van der Waals surface area contributed by atoms with Crippen molar-refractivity contribution in [3.05, 3.63) is 76.6 Å². The number of hydrogen-bond donors (Lipinski definition) is 1. The van der Waals surface area contributed by atoms with E-state index in [0.717, 1.165) is 46.8 Å². The Morgan fingerprint density at radius 1 is 1.27 bits per heavy atom. The van der Waals surface area contributed by atoms with Crippen LogP contribution >= 0.6 is 0 Å². The Morgan fingerprint density at radius 3 is 2.57 bits per heavy atom. The van der Waals surface area contributed by atoms with Crippen LogP contribution in [0.15, 0.2) is 53.8 Å². The van der Waals surface area contributed by atoms with Crippen molar-refractivity contribution in [3.63, 3.8) is 0 Å². The van der Waals surface area contributed by atoms with Gasteiger partial charge in [0.25, 0.3) is 0 Å². The molecule has 1 aromatic carbocycles. The third-order valence-corrected chi connectivity index (χ3v) is 7.03. The Hall–Kier alpha value is -3.52. The minimum atomic E-state index is -0.832. The van der Waals surface area contributed by atoms with Gasteiger partial charge in [-0.2, -0.15) is 0 Å². The summed E-state index contributed by atoms with van der Waals surface area (Å²) in [6.45, 7) is 14.4. The van der Waals surface area contributed by atoms with E-state index in [9.17, 15) is 14.3 Å². The van der Waals surface area contributed by atoms with Crippen LogP contribution in [-0.4, -0.2) is 47.3 Å². The molecule has 1 saturated heterocycles. The molecule has 0 bridgehead atoms. The molecule has 0 amide bonds. The molecule has 2 aromatic rings. The number of aliphatic carboxylic acids is 1. The lowest BCUT2D eigenvalue weighted by Gasteiger charge is -2.27. The summed E-state index contributed by atoms with van der Waals surface area (Å²) >= 11 is 0. The third-order valence-electron chi connectivity index (χ3n) is 7.03. The average Bonchev–Trinajstić information content (AvgIpc) is 3.18. The van der Waals surface area contributed by atoms with Crippen LogP contribution in [0.5, 0.6) is 0 Å². The number of aromatic nitrogens is 2. The molecule has 7 nitrogen and oxygen atoms in total. The van der Waals surface area contributed by atoms with Crippen molar-refractivity contribution in [2.45, 2.75) is 40.7 Å². The van der Waals surface area contributed by atoms with E-state index in [2.05, 4.69) is 11.5 Å². The molecule has 0 radical (unpaired) electrons. The van der Waals surface area contributed by atoms with Gasteiger partial charge in [-0.15, -0.1) is 0 Å². The van der Waals surface area contributed by atoms with Gasteiger partial charge < -0.3 is 19.5 Å². The number of carbonyl (C=O) groups is 1.